The van der Waals surface area contributed by atoms with E-state index in [1.165, 1.54) is 31.9 Å². The van der Waals surface area contributed by atoms with Crippen LogP contribution >= 0.6 is 0 Å². The molecular weight excluding hydrogens is 198 g/mol. The molecule has 0 saturated carbocycles. The zero-order chi connectivity index (χ0) is 11.1. The van der Waals surface area contributed by atoms with E-state index in [9.17, 15) is 0 Å². The van der Waals surface area contributed by atoms with Gasteiger partial charge in [-0.05, 0) is 38.4 Å². The largest absolute Gasteiger partial charge is 0.352 e. The molecule has 3 heteroatoms. The highest BCUT2D eigenvalue weighted by atomic mass is 15.3. The Morgan fingerprint density at radius 1 is 1.31 bits per heavy atom. The van der Waals surface area contributed by atoms with Gasteiger partial charge in [-0.25, -0.2) is 4.98 Å². The molecule has 0 N–H and O–H groups in total. The number of likely N-dealkylation sites (N-methyl/N-ethyl adjacent to an activating group) is 1. The number of anilines is 1. The first-order valence-electron chi connectivity index (χ1n) is 6.13. The van der Waals surface area contributed by atoms with Crippen molar-refractivity contribution in [3.05, 3.63) is 23.9 Å². The van der Waals surface area contributed by atoms with Gasteiger partial charge < -0.3 is 9.80 Å². The van der Waals surface area contributed by atoms with E-state index < -0.39 is 0 Å². The quantitative estimate of drug-likeness (QED) is 0.711. The van der Waals surface area contributed by atoms with Crippen LogP contribution in [-0.2, 0) is 0 Å². The molecule has 0 bridgehead atoms. The monoisotopic (exact) mass is 217 g/mol. The number of fused-ring (bicyclic) bond motifs is 1. The molecule has 16 heavy (non-hydrogen) atoms. The second-order valence-corrected chi connectivity index (χ2v) is 5.17. The Bertz CT molecular complexity index is 391. The maximum atomic E-state index is 4.65. The van der Waals surface area contributed by atoms with E-state index in [1.54, 1.807) is 0 Å². The summed E-state index contributed by atoms with van der Waals surface area (Å²) in [7, 11) is 2.22. The van der Waals surface area contributed by atoms with Gasteiger partial charge in [0.25, 0.3) is 0 Å². The molecule has 0 amide bonds. The van der Waals surface area contributed by atoms with Gasteiger partial charge in [-0.15, -0.1) is 0 Å². The molecule has 3 rings (SSSR count). The van der Waals surface area contributed by atoms with Crippen molar-refractivity contribution in [1.29, 1.82) is 0 Å². The van der Waals surface area contributed by atoms with Crippen molar-refractivity contribution >= 4 is 5.82 Å². The molecule has 2 aliphatic rings. The van der Waals surface area contributed by atoms with Gasteiger partial charge in [0.15, 0.2) is 0 Å². The molecule has 0 aromatic carbocycles. The Labute approximate surface area is 97.1 Å². The lowest BCUT2D eigenvalue weighted by molar-refractivity contribution is 0.386. The van der Waals surface area contributed by atoms with Gasteiger partial charge in [0.2, 0.25) is 0 Å². The van der Waals surface area contributed by atoms with E-state index in [2.05, 4.69) is 47.0 Å². The predicted molar refractivity (Wildman–Crippen MR) is 65.7 cm³/mol. The summed E-state index contributed by atoms with van der Waals surface area (Å²) in [6.07, 6.45) is 1.32. The number of hydrogen-bond acceptors (Lipinski definition) is 3. The maximum absolute atomic E-state index is 4.65. The summed E-state index contributed by atoms with van der Waals surface area (Å²) in [6.45, 7) is 5.70. The Morgan fingerprint density at radius 3 is 3.00 bits per heavy atom. The second kappa shape index (κ2) is 3.74. The molecule has 3 nitrogen and oxygen atoms in total. The average molecular weight is 217 g/mol. The van der Waals surface area contributed by atoms with Crippen molar-refractivity contribution in [3.63, 3.8) is 0 Å². The molecule has 2 atom stereocenters. The highest BCUT2D eigenvalue weighted by molar-refractivity contribution is 5.43. The number of rotatable bonds is 1. The van der Waals surface area contributed by atoms with Crippen LogP contribution in [0, 0.1) is 12.8 Å². The van der Waals surface area contributed by atoms with Crippen LogP contribution < -0.4 is 4.90 Å². The summed E-state index contributed by atoms with van der Waals surface area (Å²) < 4.78 is 0. The average Bonchev–Trinajstić information content (AvgIpc) is 2.76. The fourth-order valence-corrected chi connectivity index (χ4v) is 3.15. The first-order chi connectivity index (χ1) is 7.74. The SMILES string of the molecule is Cc1cccc(N2CC[C@H]3CN(C)C[C@@H]32)n1. The lowest BCUT2D eigenvalue weighted by Crippen LogP contribution is -2.35. The first kappa shape index (κ1) is 10.1. The minimum Gasteiger partial charge on any atom is -0.352 e. The molecule has 2 saturated heterocycles. The van der Waals surface area contributed by atoms with Gasteiger partial charge in [-0.2, -0.15) is 0 Å². The summed E-state index contributed by atoms with van der Waals surface area (Å²) in [6, 6.07) is 7.02. The third-order valence-electron chi connectivity index (χ3n) is 3.90. The number of hydrogen-bond donors (Lipinski definition) is 0. The molecule has 2 fully saturated rings. The van der Waals surface area contributed by atoms with Crippen LogP contribution in [0.5, 0.6) is 0 Å². The minimum atomic E-state index is 0.694. The summed E-state index contributed by atoms with van der Waals surface area (Å²) in [5.74, 6) is 2.02. The van der Waals surface area contributed by atoms with Crippen molar-refractivity contribution in [3.8, 4) is 0 Å². The number of pyridine rings is 1. The summed E-state index contributed by atoms with van der Waals surface area (Å²) in [5, 5.41) is 0. The third-order valence-corrected chi connectivity index (χ3v) is 3.90. The molecule has 0 spiro atoms. The number of aromatic nitrogens is 1. The lowest BCUT2D eigenvalue weighted by atomic mass is 10.1. The highest BCUT2D eigenvalue weighted by Crippen LogP contribution is 2.33. The molecule has 0 aliphatic carbocycles. The van der Waals surface area contributed by atoms with Crippen molar-refractivity contribution in [2.45, 2.75) is 19.4 Å². The van der Waals surface area contributed by atoms with Crippen LogP contribution in [0.25, 0.3) is 0 Å². The van der Waals surface area contributed by atoms with Gasteiger partial charge in [0.1, 0.15) is 5.82 Å². The standard InChI is InChI=1S/C13H19N3/c1-10-4-3-5-13(14-10)16-7-6-11-8-15(2)9-12(11)16/h3-5,11-12H,6-9H2,1-2H3/t11-,12-/m0/s1. The Hall–Kier alpha value is -1.09. The van der Waals surface area contributed by atoms with Crippen molar-refractivity contribution in [2.24, 2.45) is 5.92 Å². The van der Waals surface area contributed by atoms with E-state index in [1.807, 2.05) is 0 Å². The van der Waals surface area contributed by atoms with Gasteiger partial charge >= 0.3 is 0 Å². The molecule has 86 valence electrons. The topological polar surface area (TPSA) is 19.4 Å². The van der Waals surface area contributed by atoms with Crippen LogP contribution in [0.4, 0.5) is 5.82 Å². The summed E-state index contributed by atoms with van der Waals surface area (Å²) >= 11 is 0. The van der Waals surface area contributed by atoms with Gasteiger partial charge in [-0.3, -0.25) is 0 Å². The molecule has 2 aliphatic heterocycles. The van der Waals surface area contributed by atoms with Crippen molar-refractivity contribution in [2.75, 3.05) is 31.6 Å². The molecule has 0 radical (unpaired) electrons. The molecule has 3 heterocycles. The summed E-state index contributed by atoms with van der Waals surface area (Å²) in [4.78, 5) is 9.59. The number of nitrogens with zero attached hydrogens (tertiary/aromatic N) is 3. The fourth-order valence-electron chi connectivity index (χ4n) is 3.15. The zero-order valence-electron chi connectivity index (χ0n) is 10.1. The first-order valence-corrected chi connectivity index (χ1v) is 6.13. The van der Waals surface area contributed by atoms with E-state index >= 15 is 0 Å². The molecule has 0 unspecified atom stereocenters. The van der Waals surface area contributed by atoms with Crippen LogP contribution in [0.1, 0.15) is 12.1 Å². The van der Waals surface area contributed by atoms with Crippen molar-refractivity contribution < 1.29 is 0 Å². The van der Waals surface area contributed by atoms with E-state index in [0.717, 1.165) is 11.6 Å². The molecular formula is C13H19N3. The fraction of sp³-hybridized carbons (Fsp3) is 0.615. The van der Waals surface area contributed by atoms with E-state index in [0.29, 0.717) is 6.04 Å². The Morgan fingerprint density at radius 2 is 2.19 bits per heavy atom. The van der Waals surface area contributed by atoms with Crippen molar-refractivity contribution in [1.82, 2.24) is 9.88 Å². The Kier molecular flexibility index (Phi) is 2.36. The van der Waals surface area contributed by atoms with E-state index in [-0.39, 0.29) is 0 Å². The lowest BCUT2D eigenvalue weighted by Gasteiger charge is -2.25. The van der Waals surface area contributed by atoms with Gasteiger partial charge in [0, 0.05) is 31.4 Å². The Balaban J connectivity index is 1.86. The number of aryl methyl sites for hydroxylation is 1. The molecule has 1 aromatic heterocycles. The zero-order valence-corrected chi connectivity index (χ0v) is 10.1. The van der Waals surface area contributed by atoms with Gasteiger partial charge in [0.05, 0.1) is 0 Å². The normalized spacial score (nSPS) is 29.8. The van der Waals surface area contributed by atoms with Crippen LogP contribution in [0.2, 0.25) is 0 Å². The van der Waals surface area contributed by atoms with Crippen LogP contribution in [0.15, 0.2) is 18.2 Å². The summed E-state index contributed by atoms with van der Waals surface area (Å²) in [5.41, 5.74) is 1.12. The molecule has 1 aromatic rings. The minimum absolute atomic E-state index is 0.694. The second-order valence-electron chi connectivity index (χ2n) is 5.17. The predicted octanol–water partition coefficient (Wildman–Crippen LogP) is 1.53. The van der Waals surface area contributed by atoms with E-state index in [4.69, 9.17) is 0 Å². The maximum Gasteiger partial charge on any atom is 0.129 e. The highest BCUT2D eigenvalue weighted by Gasteiger charge is 2.40. The number of likely N-dealkylation sites (tertiary alicyclic amines) is 1. The smallest absolute Gasteiger partial charge is 0.129 e. The third kappa shape index (κ3) is 1.59. The van der Waals surface area contributed by atoms with Crippen LogP contribution in [-0.4, -0.2) is 42.6 Å². The van der Waals surface area contributed by atoms with Crippen LogP contribution in [0.3, 0.4) is 0 Å². The van der Waals surface area contributed by atoms with Gasteiger partial charge in [-0.1, -0.05) is 6.07 Å².